The highest BCUT2D eigenvalue weighted by atomic mass is 16.1. The van der Waals surface area contributed by atoms with E-state index in [1.54, 1.807) is 16.5 Å². The highest BCUT2D eigenvalue weighted by Gasteiger charge is 2.18. The number of hydrogen-bond donors (Lipinski definition) is 2. The third kappa shape index (κ3) is 3.18. The lowest BCUT2D eigenvalue weighted by atomic mass is 10.2. The minimum atomic E-state index is -0.509. The molecule has 0 fully saturated rings. The smallest absolute Gasteiger partial charge is 0.265 e. The quantitative estimate of drug-likeness (QED) is 0.561. The van der Waals surface area contributed by atoms with E-state index in [-0.39, 0.29) is 0 Å². The molecule has 0 spiro atoms. The van der Waals surface area contributed by atoms with Gasteiger partial charge in [-0.15, -0.1) is 10.2 Å². The fraction of sp³-hybridized carbons (Fsp3) is 0.143. The van der Waals surface area contributed by atoms with E-state index in [4.69, 9.17) is 5.73 Å². The zero-order chi connectivity index (χ0) is 19.7. The molecular formula is C21H20N6O. The Balaban J connectivity index is 1.78. The summed E-state index contributed by atoms with van der Waals surface area (Å²) in [7, 11) is 0. The van der Waals surface area contributed by atoms with Crippen LogP contribution in [0.4, 0.5) is 5.82 Å². The van der Waals surface area contributed by atoms with Gasteiger partial charge in [-0.25, -0.2) is 4.98 Å². The minimum Gasteiger partial charge on any atom is -0.364 e. The first-order valence-electron chi connectivity index (χ1n) is 8.95. The van der Waals surface area contributed by atoms with Gasteiger partial charge in [-0.1, -0.05) is 36.4 Å². The number of carbonyl (C=O) groups excluding carboxylic acids is 1. The van der Waals surface area contributed by atoms with Gasteiger partial charge in [0.15, 0.2) is 5.82 Å². The number of aromatic nitrogens is 4. The van der Waals surface area contributed by atoms with Crippen LogP contribution in [0.15, 0.2) is 54.6 Å². The first-order valence-corrected chi connectivity index (χ1v) is 8.95. The number of primary amides is 1. The van der Waals surface area contributed by atoms with Crippen molar-refractivity contribution >= 4 is 17.2 Å². The number of benzene rings is 1. The molecule has 7 nitrogen and oxygen atoms in total. The van der Waals surface area contributed by atoms with E-state index in [0.29, 0.717) is 35.3 Å². The average Bonchev–Trinajstić information content (AvgIpc) is 3.04. The van der Waals surface area contributed by atoms with Crippen LogP contribution in [0.3, 0.4) is 0 Å². The third-order valence-corrected chi connectivity index (χ3v) is 4.60. The van der Waals surface area contributed by atoms with Gasteiger partial charge >= 0.3 is 0 Å². The summed E-state index contributed by atoms with van der Waals surface area (Å²) in [5.74, 6) is 0.581. The second kappa shape index (κ2) is 7.11. The molecule has 1 aromatic carbocycles. The summed E-state index contributed by atoms with van der Waals surface area (Å²) in [6.07, 6.45) is 0. The SMILES string of the molecule is Cc1cc2cccc(C(N)=O)n2c1-c1nnc(C)c(NCc2ccccc2)n1. The molecule has 0 radical (unpaired) electrons. The molecule has 4 rings (SSSR count). The topological polar surface area (TPSA) is 98.2 Å². The first-order chi connectivity index (χ1) is 13.5. The van der Waals surface area contributed by atoms with Crippen LogP contribution in [-0.2, 0) is 6.54 Å². The first kappa shape index (κ1) is 17.7. The Kier molecular flexibility index (Phi) is 4.49. The molecule has 3 aromatic heterocycles. The number of pyridine rings is 1. The summed E-state index contributed by atoms with van der Waals surface area (Å²) in [6.45, 7) is 4.43. The maximum atomic E-state index is 11.9. The number of carbonyl (C=O) groups is 1. The Labute approximate surface area is 162 Å². The molecule has 4 aromatic rings. The molecule has 0 atom stereocenters. The molecule has 1 amide bonds. The zero-order valence-electron chi connectivity index (χ0n) is 15.7. The molecule has 28 heavy (non-hydrogen) atoms. The van der Waals surface area contributed by atoms with Crippen molar-refractivity contribution in [2.45, 2.75) is 20.4 Å². The number of nitrogens with zero attached hydrogens (tertiary/aromatic N) is 4. The number of nitrogens with one attached hydrogen (secondary N) is 1. The van der Waals surface area contributed by atoms with E-state index >= 15 is 0 Å². The zero-order valence-corrected chi connectivity index (χ0v) is 15.7. The van der Waals surface area contributed by atoms with Crippen LogP contribution >= 0.6 is 0 Å². The largest absolute Gasteiger partial charge is 0.364 e. The molecule has 7 heteroatoms. The lowest BCUT2D eigenvalue weighted by Gasteiger charge is -2.11. The van der Waals surface area contributed by atoms with Crippen molar-refractivity contribution in [1.29, 1.82) is 0 Å². The van der Waals surface area contributed by atoms with Gasteiger partial charge in [0.1, 0.15) is 11.4 Å². The molecule has 0 aliphatic carbocycles. The lowest BCUT2D eigenvalue weighted by Crippen LogP contribution is -2.16. The number of fused-ring (bicyclic) bond motifs is 1. The van der Waals surface area contributed by atoms with Gasteiger partial charge in [-0.05, 0) is 43.2 Å². The van der Waals surface area contributed by atoms with E-state index in [9.17, 15) is 4.79 Å². The van der Waals surface area contributed by atoms with Crippen molar-refractivity contribution in [2.24, 2.45) is 5.73 Å². The highest BCUT2D eigenvalue weighted by molar-refractivity contribution is 5.93. The van der Waals surface area contributed by atoms with E-state index in [1.807, 2.05) is 56.3 Å². The van der Waals surface area contributed by atoms with Crippen molar-refractivity contribution in [3.05, 3.63) is 77.1 Å². The number of nitrogens with two attached hydrogens (primary N) is 1. The van der Waals surface area contributed by atoms with Gasteiger partial charge in [-0.3, -0.25) is 4.79 Å². The summed E-state index contributed by atoms with van der Waals surface area (Å²) in [4.78, 5) is 16.6. The summed E-state index contributed by atoms with van der Waals surface area (Å²) in [5, 5.41) is 11.9. The van der Waals surface area contributed by atoms with E-state index in [2.05, 4.69) is 20.5 Å². The van der Waals surface area contributed by atoms with Gasteiger partial charge < -0.3 is 15.5 Å². The number of hydrogen-bond acceptors (Lipinski definition) is 5. The second-order valence-corrected chi connectivity index (χ2v) is 6.62. The average molecular weight is 372 g/mol. The van der Waals surface area contributed by atoms with Gasteiger partial charge in [0.2, 0.25) is 5.82 Å². The van der Waals surface area contributed by atoms with Gasteiger partial charge in [0.05, 0.1) is 5.69 Å². The van der Waals surface area contributed by atoms with Crippen LogP contribution in [0, 0.1) is 13.8 Å². The van der Waals surface area contributed by atoms with Crippen LogP contribution in [0.25, 0.3) is 17.0 Å². The molecule has 0 aliphatic rings. The molecule has 140 valence electrons. The summed E-state index contributed by atoms with van der Waals surface area (Å²) in [5.41, 5.74) is 10.3. The van der Waals surface area contributed by atoms with Crippen LogP contribution in [0.1, 0.15) is 27.3 Å². The van der Waals surface area contributed by atoms with Crippen molar-refractivity contribution in [3.63, 3.8) is 0 Å². The number of amides is 1. The molecule has 0 saturated heterocycles. The van der Waals surface area contributed by atoms with Crippen molar-refractivity contribution in [3.8, 4) is 11.5 Å². The van der Waals surface area contributed by atoms with Crippen LogP contribution in [-0.4, -0.2) is 25.5 Å². The predicted octanol–water partition coefficient (Wildman–Crippen LogP) is 3.12. The Morgan fingerprint density at radius 2 is 1.86 bits per heavy atom. The number of aryl methyl sites for hydroxylation is 2. The van der Waals surface area contributed by atoms with E-state index in [0.717, 1.165) is 16.6 Å². The fourth-order valence-corrected chi connectivity index (χ4v) is 3.25. The molecule has 0 unspecified atom stereocenters. The van der Waals surface area contributed by atoms with Gasteiger partial charge in [-0.2, -0.15) is 0 Å². The van der Waals surface area contributed by atoms with Crippen LogP contribution in [0.2, 0.25) is 0 Å². The monoisotopic (exact) mass is 372 g/mol. The van der Waals surface area contributed by atoms with E-state index < -0.39 is 5.91 Å². The summed E-state index contributed by atoms with van der Waals surface area (Å²) >= 11 is 0. The highest BCUT2D eigenvalue weighted by Crippen LogP contribution is 2.27. The number of rotatable bonds is 5. The molecule has 0 aliphatic heterocycles. The maximum absolute atomic E-state index is 11.9. The van der Waals surface area contributed by atoms with Crippen LogP contribution < -0.4 is 11.1 Å². The standard InChI is InChI=1S/C21H20N6O/c1-13-11-16-9-6-10-17(19(22)28)27(16)18(13)21-24-20(14(2)25-26-21)23-12-15-7-4-3-5-8-15/h3-11H,12H2,1-2H3,(H2,22,28)(H,23,24,26). The molecule has 3 N–H and O–H groups in total. The maximum Gasteiger partial charge on any atom is 0.265 e. The predicted molar refractivity (Wildman–Crippen MR) is 108 cm³/mol. The van der Waals surface area contributed by atoms with Crippen molar-refractivity contribution in [2.75, 3.05) is 5.32 Å². The van der Waals surface area contributed by atoms with Crippen molar-refractivity contribution < 1.29 is 4.79 Å². The Hall–Kier alpha value is -3.74. The lowest BCUT2D eigenvalue weighted by molar-refractivity contribution is 0.0994. The van der Waals surface area contributed by atoms with Gasteiger partial charge in [0, 0.05) is 12.1 Å². The Bertz CT molecular complexity index is 1170. The summed E-state index contributed by atoms with van der Waals surface area (Å²) in [6, 6.07) is 17.4. The molecular weight excluding hydrogens is 352 g/mol. The Morgan fingerprint density at radius 1 is 1.07 bits per heavy atom. The molecule has 0 saturated carbocycles. The summed E-state index contributed by atoms with van der Waals surface area (Å²) < 4.78 is 1.78. The fourth-order valence-electron chi connectivity index (χ4n) is 3.25. The van der Waals surface area contributed by atoms with Gasteiger partial charge in [0.25, 0.3) is 5.91 Å². The molecule has 3 heterocycles. The normalized spacial score (nSPS) is 10.9. The van der Waals surface area contributed by atoms with E-state index in [1.165, 1.54) is 0 Å². The van der Waals surface area contributed by atoms with Crippen molar-refractivity contribution in [1.82, 2.24) is 19.6 Å². The second-order valence-electron chi connectivity index (χ2n) is 6.62. The minimum absolute atomic E-state index is 0.378. The number of anilines is 1. The third-order valence-electron chi connectivity index (χ3n) is 4.60. The Morgan fingerprint density at radius 3 is 2.61 bits per heavy atom. The van der Waals surface area contributed by atoms with Crippen LogP contribution in [0.5, 0.6) is 0 Å². The molecule has 0 bridgehead atoms.